The molecule has 4 heteroatoms. The Morgan fingerprint density at radius 3 is 2.79 bits per heavy atom. The van der Waals surface area contributed by atoms with Gasteiger partial charge < -0.3 is 14.6 Å². The summed E-state index contributed by atoms with van der Waals surface area (Å²) in [6.07, 6.45) is 3.06. The molecule has 0 aromatic carbocycles. The number of rotatable bonds is 7. The Kier molecular flexibility index (Phi) is 8.17. The van der Waals surface area contributed by atoms with Gasteiger partial charge >= 0.3 is 5.97 Å². The van der Waals surface area contributed by atoms with Gasteiger partial charge in [0, 0.05) is 12.7 Å². The highest BCUT2D eigenvalue weighted by Gasteiger charge is 2.06. The second kappa shape index (κ2) is 8.72. The molecule has 0 aliphatic heterocycles. The molecule has 0 rings (SSSR count). The molecule has 0 radical (unpaired) electrons. The van der Waals surface area contributed by atoms with Gasteiger partial charge in [-0.1, -0.05) is 13.0 Å². The van der Waals surface area contributed by atoms with E-state index >= 15 is 0 Å². The highest BCUT2D eigenvalue weighted by atomic mass is 16.5. The van der Waals surface area contributed by atoms with Crippen molar-refractivity contribution in [3.8, 4) is 0 Å². The molecule has 4 nitrogen and oxygen atoms in total. The third-order valence-electron chi connectivity index (χ3n) is 1.38. The Labute approximate surface area is 84.5 Å². The maximum absolute atomic E-state index is 10.8. The number of hydrogen-bond acceptors (Lipinski definition) is 4. The van der Waals surface area contributed by atoms with Crippen LogP contribution in [0.15, 0.2) is 12.2 Å². The molecule has 0 aromatic heterocycles. The van der Waals surface area contributed by atoms with Gasteiger partial charge in [-0.2, -0.15) is 0 Å². The molecular formula is C10H18O4. The fourth-order valence-electron chi connectivity index (χ4n) is 0.774. The van der Waals surface area contributed by atoms with E-state index in [1.165, 1.54) is 6.08 Å². The van der Waals surface area contributed by atoms with E-state index in [4.69, 9.17) is 9.47 Å². The molecule has 0 aromatic rings. The largest absolute Gasteiger partial charge is 0.460 e. The van der Waals surface area contributed by atoms with Crippen LogP contribution in [0.1, 0.15) is 20.3 Å². The van der Waals surface area contributed by atoms with Crippen LogP contribution >= 0.6 is 0 Å². The summed E-state index contributed by atoms with van der Waals surface area (Å²) in [7, 11) is 0. The van der Waals surface area contributed by atoms with Crippen LogP contribution in [0.4, 0.5) is 0 Å². The van der Waals surface area contributed by atoms with Gasteiger partial charge in [0.25, 0.3) is 0 Å². The van der Waals surface area contributed by atoms with Gasteiger partial charge in [0.1, 0.15) is 12.7 Å². The monoisotopic (exact) mass is 202 g/mol. The first-order valence-electron chi connectivity index (χ1n) is 4.76. The summed E-state index contributed by atoms with van der Waals surface area (Å²) in [5, 5.41) is 9.27. The van der Waals surface area contributed by atoms with Crippen molar-refractivity contribution < 1.29 is 19.4 Å². The number of hydrogen-bond donors (Lipinski definition) is 1. The maximum Gasteiger partial charge on any atom is 0.330 e. The number of aliphatic hydroxyl groups is 1. The molecule has 0 saturated carbocycles. The zero-order valence-electron chi connectivity index (χ0n) is 8.73. The number of esters is 1. The Morgan fingerprint density at radius 1 is 1.50 bits per heavy atom. The van der Waals surface area contributed by atoms with Crippen molar-refractivity contribution in [1.82, 2.24) is 0 Å². The zero-order chi connectivity index (χ0) is 10.8. The van der Waals surface area contributed by atoms with Gasteiger partial charge in [-0.15, -0.1) is 0 Å². The van der Waals surface area contributed by atoms with E-state index in [0.29, 0.717) is 6.61 Å². The molecular weight excluding hydrogens is 184 g/mol. The van der Waals surface area contributed by atoms with Crippen LogP contribution in [0.3, 0.4) is 0 Å². The van der Waals surface area contributed by atoms with E-state index in [1.807, 2.05) is 6.92 Å². The minimum Gasteiger partial charge on any atom is -0.460 e. The molecule has 1 N–H and O–H groups in total. The fourth-order valence-corrected chi connectivity index (χ4v) is 0.774. The first-order valence-corrected chi connectivity index (χ1v) is 4.76. The van der Waals surface area contributed by atoms with Crippen molar-refractivity contribution in [2.45, 2.75) is 26.4 Å². The van der Waals surface area contributed by atoms with Crippen molar-refractivity contribution in [1.29, 1.82) is 0 Å². The summed E-state index contributed by atoms with van der Waals surface area (Å²) >= 11 is 0. The molecule has 82 valence electrons. The lowest BCUT2D eigenvalue weighted by molar-refractivity contribution is -0.141. The van der Waals surface area contributed by atoms with Crippen LogP contribution in [-0.4, -0.2) is 37.0 Å². The maximum atomic E-state index is 10.8. The van der Waals surface area contributed by atoms with Crippen molar-refractivity contribution in [3.05, 3.63) is 12.2 Å². The van der Waals surface area contributed by atoms with E-state index in [9.17, 15) is 9.90 Å². The summed E-state index contributed by atoms with van der Waals surface area (Å²) in [4.78, 5) is 10.8. The second-order valence-corrected chi connectivity index (χ2v) is 2.86. The van der Waals surface area contributed by atoms with Gasteiger partial charge in [0.2, 0.25) is 0 Å². The lowest BCUT2D eigenvalue weighted by Gasteiger charge is -2.10. The van der Waals surface area contributed by atoms with Gasteiger partial charge in [-0.05, 0) is 13.3 Å². The summed E-state index contributed by atoms with van der Waals surface area (Å²) in [6, 6.07) is 0. The topological polar surface area (TPSA) is 55.8 Å². The Hall–Kier alpha value is -0.870. The molecule has 0 bridgehead atoms. The average Bonchev–Trinajstić information content (AvgIpc) is 2.16. The molecule has 0 heterocycles. The highest BCUT2D eigenvalue weighted by molar-refractivity contribution is 5.81. The van der Waals surface area contributed by atoms with Gasteiger partial charge in [0.05, 0.1) is 6.61 Å². The number of aliphatic hydroxyl groups excluding tert-OH is 1. The molecule has 14 heavy (non-hydrogen) atoms. The fraction of sp³-hybridized carbons (Fsp3) is 0.700. The third kappa shape index (κ3) is 7.76. The number of carbonyl (C=O) groups excluding carboxylic acids is 1. The molecule has 1 atom stereocenters. The van der Waals surface area contributed by atoms with Crippen molar-refractivity contribution >= 4 is 5.97 Å². The lowest BCUT2D eigenvalue weighted by atomic mass is 10.4. The SMILES string of the molecule is CC=CC(=O)OCC(O)COCCC. The van der Waals surface area contributed by atoms with Crippen LogP contribution in [0, 0.1) is 0 Å². The van der Waals surface area contributed by atoms with Crippen molar-refractivity contribution in [2.24, 2.45) is 0 Å². The molecule has 0 aliphatic carbocycles. The predicted molar refractivity (Wildman–Crippen MR) is 52.9 cm³/mol. The minimum atomic E-state index is -0.740. The number of carbonyl (C=O) groups is 1. The summed E-state index contributed by atoms with van der Waals surface area (Å²) in [6.45, 7) is 4.50. The van der Waals surface area contributed by atoms with Crippen molar-refractivity contribution in [3.63, 3.8) is 0 Å². The first kappa shape index (κ1) is 13.1. The lowest BCUT2D eigenvalue weighted by Crippen LogP contribution is -2.23. The summed E-state index contributed by atoms with van der Waals surface area (Å²) in [5.41, 5.74) is 0. The van der Waals surface area contributed by atoms with E-state index < -0.39 is 12.1 Å². The second-order valence-electron chi connectivity index (χ2n) is 2.86. The molecule has 1 unspecified atom stereocenters. The average molecular weight is 202 g/mol. The molecule has 0 aliphatic rings. The molecule has 0 fully saturated rings. The standard InChI is InChI=1S/C10H18O4/c1-3-5-10(12)14-8-9(11)7-13-6-4-2/h3,5,9,11H,4,6-8H2,1-2H3. The third-order valence-corrected chi connectivity index (χ3v) is 1.38. The quantitative estimate of drug-likeness (QED) is 0.378. The normalized spacial score (nSPS) is 13.1. The zero-order valence-corrected chi connectivity index (χ0v) is 8.73. The Bertz CT molecular complexity index is 177. The minimum absolute atomic E-state index is 0.0209. The molecule has 0 amide bonds. The van der Waals surface area contributed by atoms with Gasteiger partial charge in [0.15, 0.2) is 0 Å². The van der Waals surface area contributed by atoms with Crippen LogP contribution in [0.2, 0.25) is 0 Å². The summed E-state index contributed by atoms with van der Waals surface area (Å²) in [5.74, 6) is -0.443. The van der Waals surface area contributed by atoms with E-state index in [-0.39, 0.29) is 13.2 Å². The molecule has 0 spiro atoms. The van der Waals surface area contributed by atoms with Crippen molar-refractivity contribution in [2.75, 3.05) is 19.8 Å². The number of allylic oxidation sites excluding steroid dienone is 1. The molecule has 0 saturated heterocycles. The smallest absolute Gasteiger partial charge is 0.330 e. The van der Waals surface area contributed by atoms with Gasteiger partial charge in [-0.3, -0.25) is 0 Å². The highest BCUT2D eigenvalue weighted by Crippen LogP contribution is 1.90. The van der Waals surface area contributed by atoms with E-state index in [1.54, 1.807) is 13.0 Å². The number of ether oxygens (including phenoxy) is 2. The van der Waals surface area contributed by atoms with Crippen LogP contribution in [-0.2, 0) is 14.3 Å². The van der Waals surface area contributed by atoms with E-state index in [0.717, 1.165) is 6.42 Å². The van der Waals surface area contributed by atoms with Crippen LogP contribution in [0.25, 0.3) is 0 Å². The van der Waals surface area contributed by atoms with Gasteiger partial charge in [-0.25, -0.2) is 4.79 Å². The van der Waals surface area contributed by atoms with Crippen LogP contribution in [0.5, 0.6) is 0 Å². The Balaban J connectivity index is 3.43. The summed E-state index contributed by atoms with van der Waals surface area (Å²) < 4.78 is 9.80. The Morgan fingerprint density at radius 2 is 2.21 bits per heavy atom. The van der Waals surface area contributed by atoms with Crippen LogP contribution < -0.4 is 0 Å². The predicted octanol–water partition coefficient (Wildman–Crippen LogP) is 0.893. The first-order chi connectivity index (χ1) is 6.70. The van der Waals surface area contributed by atoms with E-state index in [2.05, 4.69) is 0 Å².